The van der Waals surface area contributed by atoms with E-state index in [4.69, 9.17) is 5.73 Å². The minimum Gasteiger partial charge on any atom is -0.393 e. The molecule has 1 aromatic carbocycles. The average molecular weight is 330 g/mol. The number of aliphatic hydroxyl groups excluding tert-OH is 1. The van der Waals surface area contributed by atoms with Gasteiger partial charge in [0.1, 0.15) is 0 Å². The van der Waals surface area contributed by atoms with E-state index in [1.807, 2.05) is 0 Å². The molecule has 5 heteroatoms. The summed E-state index contributed by atoms with van der Waals surface area (Å²) in [6, 6.07) is 8.45. The number of aliphatic hydroxyl groups is 1. The normalized spacial score (nSPS) is 20.8. The number of benzene rings is 1. The van der Waals surface area contributed by atoms with Crippen molar-refractivity contribution in [2.24, 2.45) is 16.6 Å². The molecule has 0 unspecified atom stereocenters. The van der Waals surface area contributed by atoms with Gasteiger partial charge in [-0.1, -0.05) is 30.7 Å². The Morgan fingerprint density at radius 3 is 2.54 bits per heavy atom. The van der Waals surface area contributed by atoms with E-state index >= 15 is 0 Å². The highest BCUT2D eigenvalue weighted by molar-refractivity contribution is 5.77. The summed E-state index contributed by atoms with van der Waals surface area (Å²) < 4.78 is 0. The molecule has 4 N–H and O–H groups in total. The summed E-state index contributed by atoms with van der Waals surface area (Å²) >= 11 is 0. The van der Waals surface area contributed by atoms with Crippen LogP contribution in [0.4, 0.5) is 0 Å². The summed E-state index contributed by atoms with van der Waals surface area (Å²) in [5, 5.41) is 12.9. The molecule has 3 rings (SSSR count). The first-order chi connectivity index (χ1) is 11.7. The summed E-state index contributed by atoms with van der Waals surface area (Å²) in [7, 11) is 0. The van der Waals surface area contributed by atoms with Gasteiger partial charge in [0.25, 0.3) is 0 Å². The van der Waals surface area contributed by atoms with Gasteiger partial charge < -0.3 is 16.2 Å². The van der Waals surface area contributed by atoms with Crippen LogP contribution in [-0.2, 0) is 13.1 Å². The topological polar surface area (TPSA) is 73.9 Å². The number of hydrogen-bond acceptors (Lipinski definition) is 3. The van der Waals surface area contributed by atoms with Crippen LogP contribution in [-0.4, -0.2) is 41.7 Å². The Balaban J connectivity index is 1.53. The van der Waals surface area contributed by atoms with Gasteiger partial charge in [-0.15, -0.1) is 0 Å². The first kappa shape index (κ1) is 17.2. The van der Waals surface area contributed by atoms with Crippen molar-refractivity contribution < 1.29 is 5.11 Å². The van der Waals surface area contributed by atoms with Crippen molar-refractivity contribution in [3.8, 4) is 0 Å². The zero-order chi connectivity index (χ0) is 16.8. The van der Waals surface area contributed by atoms with Crippen molar-refractivity contribution in [1.82, 2.24) is 10.2 Å². The zero-order valence-corrected chi connectivity index (χ0v) is 14.5. The van der Waals surface area contributed by atoms with Crippen molar-refractivity contribution >= 4 is 5.96 Å². The van der Waals surface area contributed by atoms with Gasteiger partial charge >= 0.3 is 0 Å². The van der Waals surface area contributed by atoms with E-state index in [-0.39, 0.29) is 6.10 Å². The van der Waals surface area contributed by atoms with Crippen molar-refractivity contribution in [3.05, 3.63) is 35.4 Å². The van der Waals surface area contributed by atoms with Gasteiger partial charge in [0, 0.05) is 26.2 Å². The van der Waals surface area contributed by atoms with Crippen molar-refractivity contribution in [3.63, 3.8) is 0 Å². The van der Waals surface area contributed by atoms with Crippen LogP contribution < -0.4 is 11.1 Å². The minimum atomic E-state index is -0.123. The number of likely N-dealkylation sites (tertiary alicyclic amines) is 1. The van der Waals surface area contributed by atoms with Crippen LogP contribution in [0, 0.1) is 5.92 Å². The van der Waals surface area contributed by atoms with Crippen molar-refractivity contribution in [2.75, 3.05) is 19.6 Å². The fourth-order valence-electron chi connectivity index (χ4n) is 3.36. The monoisotopic (exact) mass is 330 g/mol. The quantitative estimate of drug-likeness (QED) is 0.550. The van der Waals surface area contributed by atoms with Crippen molar-refractivity contribution in [1.29, 1.82) is 0 Å². The van der Waals surface area contributed by atoms with Gasteiger partial charge in [0.2, 0.25) is 0 Å². The highest BCUT2D eigenvalue weighted by Gasteiger charge is 2.18. The fraction of sp³-hybridized carbons (Fsp3) is 0.632. The van der Waals surface area contributed by atoms with Gasteiger partial charge in [0.05, 0.1) is 12.6 Å². The van der Waals surface area contributed by atoms with Gasteiger partial charge in [-0.2, -0.15) is 0 Å². The Kier molecular flexibility index (Phi) is 6.10. The first-order valence-electron chi connectivity index (χ1n) is 9.21. The maximum absolute atomic E-state index is 9.64. The summed E-state index contributed by atoms with van der Waals surface area (Å²) in [6.45, 7) is 4.42. The molecule has 0 aromatic heterocycles. The minimum absolute atomic E-state index is 0.123. The predicted molar refractivity (Wildman–Crippen MR) is 97.6 cm³/mol. The molecule has 1 aromatic rings. The fourth-order valence-corrected chi connectivity index (χ4v) is 3.36. The van der Waals surface area contributed by atoms with E-state index in [2.05, 4.69) is 39.5 Å². The summed E-state index contributed by atoms with van der Waals surface area (Å²) in [4.78, 5) is 6.93. The van der Waals surface area contributed by atoms with E-state index in [0.717, 1.165) is 44.9 Å². The largest absolute Gasteiger partial charge is 0.393 e. The van der Waals surface area contributed by atoms with E-state index in [1.54, 1.807) is 0 Å². The molecule has 0 amide bonds. The third kappa shape index (κ3) is 4.95. The van der Waals surface area contributed by atoms with Crippen molar-refractivity contribution in [2.45, 2.75) is 51.3 Å². The molecule has 2 fully saturated rings. The Morgan fingerprint density at radius 2 is 1.88 bits per heavy atom. The second-order valence-electron chi connectivity index (χ2n) is 7.16. The number of nitrogens with zero attached hydrogens (tertiary/aromatic N) is 2. The second-order valence-corrected chi connectivity index (χ2v) is 7.16. The molecule has 1 aliphatic heterocycles. The molecular formula is C19H30N4O. The average Bonchev–Trinajstić information content (AvgIpc) is 2.55. The number of hydrogen-bond donors (Lipinski definition) is 3. The maximum Gasteiger partial charge on any atom is 0.188 e. The second kappa shape index (κ2) is 8.49. The summed E-state index contributed by atoms with van der Waals surface area (Å²) in [5.74, 6) is 1.33. The summed E-state index contributed by atoms with van der Waals surface area (Å²) in [5.41, 5.74) is 8.54. The number of piperidine rings is 1. The van der Waals surface area contributed by atoms with Crippen LogP contribution >= 0.6 is 0 Å². The van der Waals surface area contributed by atoms with Gasteiger partial charge in [-0.3, -0.25) is 4.90 Å². The molecule has 0 atom stereocenters. The highest BCUT2D eigenvalue weighted by atomic mass is 16.3. The van der Waals surface area contributed by atoms with Crippen LogP contribution in [0.2, 0.25) is 0 Å². The maximum atomic E-state index is 9.64. The van der Waals surface area contributed by atoms with E-state index in [1.165, 1.54) is 30.4 Å². The van der Waals surface area contributed by atoms with Crippen LogP contribution in [0.15, 0.2) is 29.3 Å². The smallest absolute Gasteiger partial charge is 0.188 e. The van der Waals surface area contributed by atoms with Gasteiger partial charge in [0.15, 0.2) is 5.96 Å². The molecule has 132 valence electrons. The van der Waals surface area contributed by atoms with E-state index < -0.39 is 0 Å². The number of guanidine groups is 1. The van der Waals surface area contributed by atoms with E-state index in [0.29, 0.717) is 12.5 Å². The lowest BCUT2D eigenvalue weighted by Gasteiger charge is -2.30. The zero-order valence-electron chi connectivity index (χ0n) is 14.5. The third-order valence-electron chi connectivity index (χ3n) is 5.29. The molecule has 1 heterocycles. The van der Waals surface area contributed by atoms with Crippen LogP contribution in [0.3, 0.4) is 0 Å². The number of aliphatic imine (C=N–C) groups is 1. The van der Waals surface area contributed by atoms with Crippen LogP contribution in [0.25, 0.3) is 0 Å². The Bertz CT molecular complexity index is 548. The number of nitrogens with two attached hydrogens (primary N) is 1. The summed E-state index contributed by atoms with van der Waals surface area (Å²) in [6.07, 6.45) is 5.60. The number of nitrogens with one attached hydrogen (secondary N) is 1. The lowest BCUT2D eigenvalue weighted by Crippen LogP contribution is -2.37. The first-order valence-corrected chi connectivity index (χ1v) is 9.21. The molecule has 24 heavy (non-hydrogen) atoms. The number of rotatable bonds is 6. The molecule has 0 spiro atoms. The Labute approximate surface area is 145 Å². The molecular weight excluding hydrogens is 300 g/mol. The van der Waals surface area contributed by atoms with Crippen LogP contribution in [0.1, 0.15) is 43.2 Å². The molecule has 5 nitrogen and oxygen atoms in total. The third-order valence-corrected chi connectivity index (χ3v) is 5.29. The molecule has 1 saturated heterocycles. The lowest BCUT2D eigenvalue weighted by molar-refractivity contribution is 0.0791. The van der Waals surface area contributed by atoms with Crippen LogP contribution in [0.5, 0.6) is 0 Å². The SMILES string of the molecule is NC(=NCc1ccccc1CN1CCC(O)CC1)NCC1CCC1. The predicted octanol–water partition coefficient (Wildman–Crippen LogP) is 1.85. The Hall–Kier alpha value is -1.59. The van der Waals surface area contributed by atoms with Gasteiger partial charge in [-0.05, 0) is 42.7 Å². The molecule has 0 radical (unpaired) electrons. The van der Waals surface area contributed by atoms with Gasteiger partial charge in [-0.25, -0.2) is 4.99 Å². The standard InChI is InChI=1S/C19H30N4O/c20-19(21-12-15-4-3-5-15)22-13-16-6-1-2-7-17(16)14-23-10-8-18(24)9-11-23/h1-2,6-7,15,18,24H,3-5,8-14H2,(H3,20,21,22). The Morgan fingerprint density at radius 1 is 1.17 bits per heavy atom. The molecule has 1 aliphatic carbocycles. The molecule has 0 bridgehead atoms. The highest BCUT2D eigenvalue weighted by Crippen LogP contribution is 2.25. The lowest BCUT2D eigenvalue weighted by atomic mass is 9.85. The molecule has 1 saturated carbocycles. The van der Waals surface area contributed by atoms with E-state index in [9.17, 15) is 5.11 Å². The molecule has 2 aliphatic rings.